The smallest absolute Gasteiger partial charge is 0.248 e. The summed E-state index contributed by atoms with van der Waals surface area (Å²) in [6, 6.07) is 13.3. The van der Waals surface area contributed by atoms with Crippen LogP contribution in [0.3, 0.4) is 0 Å². The van der Waals surface area contributed by atoms with Gasteiger partial charge in [-0.3, -0.25) is 9.69 Å². The first-order valence-electron chi connectivity index (χ1n) is 10.3. The second-order valence-corrected chi connectivity index (χ2v) is 8.73. The first-order chi connectivity index (χ1) is 15.1. The lowest BCUT2D eigenvalue weighted by atomic mass is 10.1. The Morgan fingerprint density at radius 2 is 1.90 bits per heavy atom. The molecule has 1 amide bonds. The van der Waals surface area contributed by atoms with E-state index in [0.29, 0.717) is 5.56 Å². The van der Waals surface area contributed by atoms with E-state index in [1.807, 2.05) is 24.3 Å². The molecule has 31 heavy (non-hydrogen) atoms. The van der Waals surface area contributed by atoms with E-state index < -0.39 is 5.91 Å². The van der Waals surface area contributed by atoms with Crippen molar-refractivity contribution in [2.24, 2.45) is 11.7 Å². The SMILES string of the molecule is COc1ccc(CN(Cc2csc(-c3ccc(C(N)=O)cc3)n2)CC2CC2)c(OC)c1. The van der Waals surface area contributed by atoms with Crippen LogP contribution in [-0.4, -0.2) is 36.6 Å². The number of thiazole rings is 1. The van der Waals surface area contributed by atoms with Gasteiger partial charge in [0.05, 0.1) is 19.9 Å². The van der Waals surface area contributed by atoms with Gasteiger partial charge in [0.25, 0.3) is 0 Å². The van der Waals surface area contributed by atoms with Crippen molar-refractivity contribution in [3.05, 3.63) is 64.7 Å². The predicted octanol–water partition coefficient (Wildman–Crippen LogP) is 4.34. The first kappa shape index (κ1) is 21.3. The van der Waals surface area contributed by atoms with Crippen LogP contribution in [0.2, 0.25) is 0 Å². The zero-order chi connectivity index (χ0) is 21.8. The largest absolute Gasteiger partial charge is 0.497 e. The molecule has 0 saturated heterocycles. The molecule has 6 nitrogen and oxygen atoms in total. The second-order valence-electron chi connectivity index (χ2n) is 7.88. The lowest BCUT2D eigenvalue weighted by molar-refractivity contribution is 0.100. The molecular weight excluding hydrogens is 410 g/mol. The second kappa shape index (κ2) is 9.49. The Hall–Kier alpha value is -2.90. The standard InChI is InChI=1S/C24H27N3O3S/c1-29-21-10-9-19(22(11-21)30-2)13-27(12-16-3-4-16)14-20-15-31-24(26-20)18-7-5-17(6-8-18)23(25)28/h5-11,15-16H,3-4,12-14H2,1-2H3,(H2,25,28). The van der Waals surface area contributed by atoms with Crippen molar-refractivity contribution in [3.8, 4) is 22.1 Å². The normalized spacial score (nSPS) is 13.4. The van der Waals surface area contributed by atoms with Crippen molar-refractivity contribution >= 4 is 17.2 Å². The monoisotopic (exact) mass is 437 g/mol. The molecule has 1 aromatic heterocycles. The number of rotatable bonds is 10. The van der Waals surface area contributed by atoms with Crippen LogP contribution in [0.5, 0.6) is 11.5 Å². The van der Waals surface area contributed by atoms with Gasteiger partial charge in [-0.1, -0.05) is 18.2 Å². The van der Waals surface area contributed by atoms with Crippen LogP contribution in [0.1, 0.15) is 34.5 Å². The summed E-state index contributed by atoms with van der Waals surface area (Å²) in [7, 11) is 3.36. The highest BCUT2D eigenvalue weighted by Crippen LogP contribution is 2.33. The summed E-state index contributed by atoms with van der Waals surface area (Å²) in [6.45, 7) is 2.63. The van der Waals surface area contributed by atoms with Crippen LogP contribution < -0.4 is 15.2 Å². The number of nitrogens with zero attached hydrogens (tertiary/aromatic N) is 2. The maximum Gasteiger partial charge on any atom is 0.248 e. The summed E-state index contributed by atoms with van der Waals surface area (Å²) in [5.41, 5.74) is 9.02. The number of aromatic nitrogens is 1. The molecule has 1 saturated carbocycles. The van der Waals surface area contributed by atoms with Crippen molar-refractivity contribution in [1.82, 2.24) is 9.88 Å². The molecule has 0 bridgehead atoms. The molecule has 1 aliphatic carbocycles. The molecular formula is C24H27N3O3S. The molecule has 0 radical (unpaired) electrons. The zero-order valence-electron chi connectivity index (χ0n) is 17.8. The number of primary amides is 1. The average molecular weight is 438 g/mol. The molecule has 1 aliphatic rings. The van der Waals surface area contributed by atoms with Gasteiger partial charge in [-0.2, -0.15) is 0 Å². The molecule has 2 N–H and O–H groups in total. The number of amides is 1. The van der Waals surface area contributed by atoms with E-state index in [0.717, 1.165) is 58.9 Å². The number of carbonyl (C=O) groups is 1. The molecule has 4 rings (SSSR count). The van der Waals surface area contributed by atoms with Gasteiger partial charge < -0.3 is 15.2 Å². The molecule has 3 aromatic rings. The Bertz CT molecular complexity index is 1040. The lowest BCUT2D eigenvalue weighted by Gasteiger charge is -2.22. The minimum Gasteiger partial charge on any atom is -0.497 e. The topological polar surface area (TPSA) is 77.7 Å². The van der Waals surface area contributed by atoms with Crippen LogP contribution in [0.15, 0.2) is 47.8 Å². The zero-order valence-corrected chi connectivity index (χ0v) is 18.7. The molecule has 0 spiro atoms. The summed E-state index contributed by atoms with van der Waals surface area (Å²) < 4.78 is 10.9. The van der Waals surface area contributed by atoms with Crippen molar-refractivity contribution in [3.63, 3.8) is 0 Å². The number of ether oxygens (including phenoxy) is 2. The Labute approximate surface area is 186 Å². The van der Waals surface area contributed by atoms with E-state index in [1.165, 1.54) is 12.8 Å². The lowest BCUT2D eigenvalue weighted by Crippen LogP contribution is -2.25. The summed E-state index contributed by atoms with van der Waals surface area (Å²) in [4.78, 5) is 18.6. The molecule has 1 heterocycles. The third-order valence-corrected chi connectivity index (χ3v) is 6.40. The summed E-state index contributed by atoms with van der Waals surface area (Å²) in [6.07, 6.45) is 2.59. The van der Waals surface area contributed by atoms with E-state index in [4.69, 9.17) is 20.2 Å². The van der Waals surface area contributed by atoms with E-state index in [1.54, 1.807) is 37.7 Å². The fourth-order valence-electron chi connectivity index (χ4n) is 3.59. The van der Waals surface area contributed by atoms with Crippen LogP contribution in [0, 0.1) is 5.92 Å². The fraction of sp³-hybridized carbons (Fsp3) is 0.333. The maximum absolute atomic E-state index is 11.3. The Balaban J connectivity index is 1.49. The van der Waals surface area contributed by atoms with Crippen molar-refractivity contribution < 1.29 is 14.3 Å². The van der Waals surface area contributed by atoms with Crippen LogP contribution >= 0.6 is 11.3 Å². The first-order valence-corrected chi connectivity index (χ1v) is 11.2. The molecule has 0 aliphatic heterocycles. The highest BCUT2D eigenvalue weighted by Gasteiger charge is 2.25. The van der Waals surface area contributed by atoms with Crippen molar-refractivity contribution in [2.45, 2.75) is 25.9 Å². The molecule has 0 atom stereocenters. The van der Waals surface area contributed by atoms with Gasteiger partial charge in [0, 0.05) is 47.8 Å². The van der Waals surface area contributed by atoms with E-state index >= 15 is 0 Å². The van der Waals surface area contributed by atoms with Crippen molar-refractivity contribution in [1.29, 1.82) is 0 Å². The number of carbonyl (C=O) groups excluding carboxylic acids is 1. The van der Waals surface area contributed by atoms with Gasteiger partial charge in [-0.25, -0.2) is 4.98 Å². The summed E-state index contributed by atoms with van der Waals surface area (Å²) in [5.74, 6) is 1.98. The minimum absolute atomic E-state index is 0.420. The van der Waals surface area contributed by atoms with Gasteiger partial charge in [-0.05, 0) is 37.0 Å². The molecule has 162 valence electrons. The average Bonchev–Trinajstić information content (AvgIpc) is 3.48. The molecule has 7 heteroatoms. The quantitative estimate of drug-likeness (QED) is 0.511. The van der Waals surface area contributed by atoms with Crippen molar-refractivity contribution in [2.75, 3.05) is 20.8 Å². The Morgan fingerprint density at radius 1 is 1.13 bits per heavy atom. The molecule has 2 aromatic carbocycles. The number of nitrogens with two attached hydrogens (primary N) is 1. The van der Waals surface area contributed by atoms with Crippen LogP contribution in [0.25, 0.3) is 10.6 Å². The highest BCUT2D eigenvalue weighted by molar-refractivity contribution is 7.13. The highest BCUT2D eigenvalue weighted by atomic mass is 32.1. The third-order valence-electron chi connectivity index (χ3n) is 5.46. The third kappa shape index (κ3) is 5.42. The fourth-order valence-corrected chi connectivity index (χ4v) is 4.41. The molecule has 0 unspecified atom stereocenters. The summed E-state index contributed by atoms with van der Waals surface area (Å²) >= 11 is 1.62. The van der Waals surface area contributed by atoms with E-state index in [-0.39, 0.29) is 0 Å². The number of benzene rings is 2. The number of hydrogen-bond donors (Lipinski definition) is 1. The van der Waals surface area contributed by atoms with Gasteiger partial charge in [-0.15, -0.1) is 11.3 Å². The van der Waals surface area contributed by atoms with Gasteiger partial charge in [0.2, 0.25) is 5.91 Å². The summed E-state index contributed by atoms with van der Waals surface area (Å²) in [5, 5.41) is 3.06. The Kier molecular flexibility index (Phi) is 6.53. The van der Waals surface area contributed by atoms with Crippen LogP contribution in [0.4, 0.5) is 0 Å². The minimum atomic E-state index is -0.420. The van der Waals surface area contributed by atoms with Gasteiger partial charge >= 0.3 is 0 Å². The predicted molar refractivity (Wildman–Crippen MR) is 122 cm³/mol. The Morgan fingerprint density at radius 3 is 2.55 bits per heavy atom. The maximum atomic E-state index is 11.3. The number of hydrogen-bond acceptors (Lipinski definition) is 6. The van der Waals surface area contributed by atoms with Gasteiger partial charge in [0.1, 0.15) is 16.5 Å². The molecule has 1 fully saturated rings. The van der Waals surface area contributed by atoms with E-state index in [2.05, 4.69) is 16.3 Å². The van der Waals surface area contributed by atoms with E-state index in [9.17, 15) is 4.79 Å². The van der Waals surface area contributed by atoms with Crippen LogP contribution in [-0.2, 0) is 13.1 Å². The van der Waals surface area contributed by atoms with Gasteiger partial charge in [0.15, 0.2) is 0 Å². The number of methoxy groups -OCH3 is 2.